The normalized spacial score (nSPS) is 33.9. The van der Waals surface area contributed by atoms with Crippen LogP contribution in [0, 0.1) is 23.7 Å². The van der Waals surface area contributed by atoms with E-state index in [1.807, 2.05) is 0 Å². The van der Waals surface area contributed by atoms with Crippen LogP contribution in [0.15, 0.2) is 24.3 Å². The molecule has 3 fully saturated rings. The van der Waals surface area contributed by atoms with E-state index < -0.39 is 8.32 Å². The number of esters is 1. The Morgan fingerprint density at radius 3 is 2.36 bits per heavy atom. The zero-order valence-electron chi connectivity index (χ0n) is 29.2. The van der Waals surface area contributed by atoms with E-state index in [0.29, 0.717) is 31.1 Å². The molecule has 3 aliphatic rings. The Balaban J connectivity index is 1.62. The summed E-state index contributed by atoms with van der Waals surface area (Å²) < 4.78 is 31.4. The first-order valence-electron chi connectivity index (χ1n) is 17.0. The molecule has 0 saturated carbocycles. The third-order valence-electron chi connectivity index (χ3n) is 11.0. The third-order valence-corrected chi connectivity index (χ3v) is 15.5. The predicted molar refractivity (Wildman–Crippen MR) is 178 cm³/mol. The zero-order valence-corrected chi connectivity index (χ0v) is 30.2. The highest BCUT2D eigenvalue weighted by Gasteiger charge is 2.46. The molecule has 0 aromatic carbocycles. The molecule has 3 rings (SSSR count). The summed E-state index contributed by atoms with van der Waals surface area (Å²) in [5, 5.41) is 0.176. The molecule has 3 unspecified atom stereocenters. The van der Waals surface area contributed by atoms with Gasteiger partial charge in [-0.25, -0.2) is 0 Å². The lowest BCUT2D eigenvalue weighted by molar-refractivity contribution is -0.142. The van der Waals surface area contributed by atoms with Gasteiger partial charge in [-0.15, -0.1) is 0 Å². The van der Waals surface area contributed by atoms with Gasteiger partial charge in [0.25, 0.3) is 0 Å². The van der Waals surface area contributed by atoms with Crippen LogP contribution in [0.5, 0.6) is 0 Å². The molecule has 0 amide bonds. The summed E-state index contributed by atoms with van der Waals surface area (Å²) in [7, 11) is -0.367. The molecule has 3 aliphatic heterocycles. The fourth-order valence-corrected chi connectivity index (χ4v) is 8.00. The Morgan fingerprint density at radius 2 is 1.73 bits per heavy atom. The highest BCUT2D eigenvalue weighted by molar-refractivity contribution is 6.74. The number of rotatable bonds is 15. The maximum Gasteiger partial charge on any atom is 0.305 e. The minimum absolute atomic E-state index is 0.0287. The standard InChI is InChI=1S/C36H62O7Si/c1-23(22-40-44(10,11)36(6,7)8)17-32-27(5)30(20-35(38)39-9)34(43-32)21-33-26(4)24(2)18-29(42-33)14-15-31-25(3)19-28(41-31)13-12-16-37/h16,23-24,27-34H,3-4,12-15,17-22H2,1-2,5-11H3/t23-,24+,27+,28?,29-,30+,31?,32+,33?,34-/m0/s1. The number of hydrogen-bond acceptors (Lipinski definition) is 7. The second-order valence-corrected chi connectivity index (χ2v) is 20.4. The minimum Gasteiger partial charge on any atom is -0.469 e. The Morgan fingerprint density at radius 1 is 1.05 bits per heavy atom. The summed E-state index contributed by atoms with van der Waals surface area (Å²) in [5.41, 5.74) is 2.24. The number of carbonyl (C=O) groups is 2. The predicted octanol–water partition coefficient (Wildman–Crippen LogP) is 7.83. The van der Waals surface area contributed by atoms with Gasteiger partial charge in [-0.1, -0.05) is 54.7 Å². The Bertz CT molecular complexity index is 987. The zero-order chi connectivity index (χ0) is 32.8. The first kappa shape index (κ1) is 37.1. The average Bonchev–Trinajstić information content (AvgIpc) is 3.44. The molecule has 0 N–H and O–H groups in total. The van der Waals surface area contributed by atoms with Gasteiger partial charge in [0.2, 0.25) is 0 Å². The molecule has 10 atom stereocenters. The fourth-order valence-electron chi connectivity index (χ4n) is 6.87. The van der Waals surface area contributed by atoms with Crippen LogP contribution in [0.2, 0.25) is 18.1 Å². The summed E-state index contributed by atoms with van der Waals surface area (Å²) >= 11 is 0. The summed E-state index contributed by atoms with van der Waals surface area (Å²) in [6, 6.07) is 0. The van der Waals surface area contributed by atoms with Gasteiger partial charge in [-0.3, -0.25) is 4.79 Å². The smallest absolute Gasteiger partial charge is 0.305 e. The second kappa shape index (κ2) is 16.0. The van der Waals surface area contributed by atoms with Crippen LogP contribution in [-0.2, 0) is 33.0 Å². The van der Waals surface area contributed by atoms with Gasteiger partial charge < -0.3 is 28.2 Å². The van der Waals surface area contributed by atoms with Gasteiger partial charge in [0, 0.05) is 25.4 Å². The minimum atomic E-state index is -1.83. The van der Waals surface area contributed by atoms with Gasteiger partial charge in [-0.2, -0.15) is 0 Å². The van der Waals surface area contributed by atoms with Crippen molar-refractivity contribution < 1.29 is 33.0 Å². The molecule has 7 nitrogen and oxygen atoms in total. The van der Waals surface area contributed by atoms with Crippen LogP contribution < -0.4 is 0 Å². The number of hydrogen-bond donors (Lipinski definition) is 0. The Hall–Kier alpha value is -1.32. The van der Waals surface area contributed by atoms with Crippen molar-refractivity contribution in [3.05, 3.63) is 24.3 Å². The number of ether oxygens (including phenoxy) is 4. The van der Waals surface area contributed by atoms with E-state index >= 15 is 0 Å². The summed E-state index contributed by atoms with van der Waals surface area (Å²) in [4.78, 5) is 23.3. The second-order valence-electron chi connectivity index (χ2n) is 15.6. The topological polar surface area (TPSA) is 80.3 Å². The molecular formula is C36H62O7Si. The first-order chi connectivity index (χ1) is 20.6. The Kier molecular flexibility index (Phi) is 13.5. The Labute approximate surface area is 269 Å². The van der Waals surface area contributed by atoms with Crippen LogP contribution >= 0.6 is 0 Å². The van der Waals surface area contributed by atoms with Crippen LogP contribution in [-0.4, -0.2) is 70.9 Å². The molecule has 0 bridgehead atoms. The maximum absolute atomic E-state index is 12.5. The maximum atomic E-state index is 12.5. The quantitative estimate of drug-likeness (QED) is 0.0786. The van der Waals surface area contributed by atoms with Gasteiger partial charge in [0.15, 0.2) is 8.32 Å². The number of aldehydes is 1. The van der Waals surface area contributed by atoms with Gasteiger partial charge in [-0.05, 0) is 85.6 Å². The third kappa shape index (κ3) is 9.84. The van der Waals surface area contributed by atoms with E-state index in [1.165, 1.54) is 7.11 Å². The molecule has 44 heavy (non-hydrogen) atoms. The average molecular weight is 635 g/mol. The van der Waals surface area contributed by atoms with Crippen LogP contribution in [0.1, 0.15) is 99.3 Å². The number of methoxy groups -OCH3 is 1. The van der Waals surface area contributed by atoms with E-state index in [4.69, 9.17) is 23.4 Å². The molecule has 0 aromatic rings. The molecule has 3 heterocycles. The van der Waals surface area contributed by atoms with Gasteiger partial charge in [0.05, 0.1) is 50.2 Å². The summed E-state index contributed by atoms with van der Waals surface area (Å²) in [6.45, 7) is 27.5. The largest absolute Gasteiger partial charge is 0.469 e. The van der Waals surface area contributed by atoms with Crippen molar-refractivity contribution in [2.45, 2.75) is 154 Å². The van der Waals surface area contributed by atoms with E-state index in [2.05, 4.69) is 67.8 Å². The van der Waals surface area contributed by atoms with Crippen molar-refractivity contribution in [2.24, 2.45) is 23.7 Å². The van der Waals surface area contributed by atoms with Crippen molar-refractivity contribution in [2.75, 3.05) is 13.7 Å². The summed E-state index contributed by atoms with van der Waals surface area (Å²) in [6.07, 6.45) is 7.76. The lowest BCUT2D eigenvalue weighted by Crippen LogP contribution is -2.42. The lowest BCUT2D eigenvalue weighted by Gasteiger charge is -2.38. The first-order valence-corrected chi connectivity index (χ1v) is 19.9. The molecular weight excluding hydrogens is 572 g/mol. The molecule has 252 valence electrons. The molecule has 3 saturated heterocycles. The molecule has 0 radical (unpaired) electrons. The van der Waals surface area contributed by atoms with Crippen LogP contribution in [0.4, 0.5) is 0 Å². The monoisotopic (exact) mass is 634 g/mol. The molecule has 0 spiro atoms. The van der Waals surface area contributed by atoms with Crippen LogP contribution in [0.25, 0.3) is 0 Å². The molecule has 8 heteroatoms. The van der Waals surface area contributed by atoms with Crippen LogP contribution in [0.3, 0.4) is 0 Å². The van der Waals surface area contributed by atoms with Crippen molar-refractivity contribution in [3.8, 4) is 0 Å². The van der Waals surface area contributed by atoms with Crippen molar-refractivity contribution >= 4 is 20.6 Å². The van der Waals surface area contributed by atoms with Crippen molar-refractivity contribution in [1.82, 2.24) is 0 Å². The molecule has 0 aliphatic carbocycles. The van der Waals surface area contributed by atoms with E-state index in [9.17, 15) is 9.59 Å². The van der Waals surface area contributed by atoms with E-state index in [1.54, 1.807) is 0 Å². The highest BCUT2D eigenvalue weighted by atomic mass is 28.4. The van der Waals surface area contributed by atoms with Gasteiger partial charge >= 0.3 is 5.97 Å². The van der Waals surface area contributed by atoms with Crippen molar-refractivity contribution in [1.29, 1.82) is 0 Å². The lowest BCUT2D eigenvalue weighted by atomic mass is 9.79. The van der Waals surface area contributed by atoms with E-state index in [0.717, 1.165) is 62.6 Å². The fraction of sp³-hybridized carbons (Fsp3) is 0.833. The SMILES string of the molecule is C=C1CC(CCC=O)OC1CC[C@H]1C[C@@H](C)C(=C)C(C[C@@H]2O[C@H](C[C@H](C)CO[Si](C)(C)C(C)(C)C)[C@H](C)[C@H]2CC(=O)OC)O1. The van der Waals surface area contributed by atoms with Gasteiger partial charge in [0.1, 0.15) is 6.29 Å². The number of carbonyl (C=O) groups excluding carboxylic acids is 2. The molecule has 0 aromatic heterocycles. The highest BCUT2D eigenvalue weighted by Crippen LogP contribution is 2.43. The van der Waals surface area contributed by atoms with E-state index in [-0.39, 0.29) is 59.5 Å². The van der Waals surface area contributed by atoms with Crippen molar-refractivity contribution in [3.63, 3.8) is 0 Å². The summed E-state index contributed by atoms with van der Waals surface area (Å²) in [5.74, 6) is 0.782.